The van der Waals surface area contributed by atoms with Crippen molar-refractivity contribution in [2.75, 3.05) is 5.73 Å². The first kappa shape index (κ1) is 13.3. The third kappa shape index (κ3) is 2.92. The lowest BCUT2D eigenvalue weighted by molar-refractivity contribution is 0.0945. The fourth-order valence-electron chi connectivity index (χ4n) is 1.86. The lowest BCUT2D eigenvalue weighted by Crippen LogP contribution is -2.23. The number of carbonyl (C=O) groups is 1. The Bertz CT molecular complexity index is 750. The molecular weight excluding hydrogens is 286 g/mol. The van der Waals surface area contributed by atoms with E-state index < -0.39 is 0 Å². The molecule has 6 nitrogen and oxygen atoms in total. The number of para-hydroxylation sites is 2. The Balaban J connectivity index is 1.73. The number of aromatic nitrogens is 3. The summed E-state index contributed by atoms with van der Waals surface area (Å²) in [5.41, 5.74) is 7.59. The van der Waals surface area contributed by atoms with Crippen molar-refractivity contribution in [3.63, 3.8) is 0 Å². The fourth-order valence-corrected chi connectivity index (χ4v) is 2.42. The molecule has 7 heteroatoms. The first-order valence-corrected chi connectivity index (χ1v) is 7.19. The molecule has 0 aliphatic carbocycles. The van der Waals surface area contributed by atoms with Gasteiger partial charge in [-0.15, -0.1) is 11.3 Å². The minimum Gasteiger partial charge on any atom is -0.397 e. The van der Waals surface area contributed by atoms with Crippen molar-refractivity contribution in [1.29, 1.82) is 0 Å². The highest BCUT2D eigenvalue weighted by Crippen LogP contribution is 2.15. The SMILES string of the molecule is Nc1ccccc1-n1ccc(C(=O)NCc2nccs2)n1. The van der Waals surface area contributed by atoms with Crippen molar-refractivity contribution in [2.45, 2.75) is 6.54 Å². The van der Waals surface area contributed by atoms with Gasteiger partial charge in [0, 0.05) is 17.8 Å². The fraction of sp³-hybridized carbons (Fsp3) is 0.0714. The van der Waals surface area contributed by atoms with Gasteiger partial charge in [-0.3, -0.25) is 4.79 Å². The lowest BCUT2D eigenvalue weighted by Gasteiger charge is -2.04. The van der Waals surface area contributed by atoms with Crippen LogP contribution in [0.15, 0.2) is 48.1 Å². The molecule has 0 spiro atoms. The molecule has 3 N–H and O–H groups in total. The molecule has 21 heavy (non-hydrogen) atoms. The maximum atomic E-state index is 12.0. The number of benzene rings is 1. The second-order valence-electron chi connectivity index (χ2n) is 4.31. The zero-order chi connectivity index (χ0) is 14.7. The van der Waals surface area contributed by atoms with Crippen molar-refractivity contribution in [1.82, 2.24) is 20.1 Å². The van der Waals surface area contributed by atoms with E-state index in [1.54, 1.807) is 29.2 Å². The van der Waals surface area contributed by atoms with Gasteiger partial charge in [-0.25, -0.2) is 9.67 Å². The van der Waals surface area contributed by atoms with Crippen molar-refractivity contribution < 1.29 is 4.79 Å². The molecule has 0 bridgehead atoms. The van der Waals surface area contributed by atoms with Crippen molar-refractivity contribution in [3.8, 4) is 5.69 Å². The summed E-state index contributed by atoms with van der Waals surface area (Å²) in [7, 11) is 0. The highest BCUT2D eigenvalue weighted by molar-refractivity contribution is 7.09. The van der Waals surface area contributed by atoms with Crippen molar-refractivity contribution in [3.05, 3.63) is 58.8 Å². The number of hydrogen-bond acceptors (Lipinski definition) is 5. The second-order valence-corrected chi connectivity index (χ2v) is 5.29. The van der Waals surface area contributed by atoms with Gasteiger partial charge >= 0.3 is 0 Å². The number of nitrogens with zero attached hydrogens (tertiary/aromatic N) is 3. The molecule has 1 amide bonds. The van der Waals surface area contributed by atoms with Crippen LogP contribution in [0.2, 0.25) is 0 Å². The predicted molar refractivity (Wildman–Crippen MR) is 81.3 cm³/mol. The summed E-state index contributed by atoms with van der Waals surface area (Å²) >= 11 is 1.50. The first-order chi connectivity index (χ1) is 10.2. The molecule has 0 fully saturated rings. The molecule has 106 valence electrons. The average molecular weight is 299 g/mol. The number of thiazole rings is 1. The molecule has 0 saturated carbocycles. The number of carbonyl (C=O) groups excluding carboxylic acids is 1. The Morgan fingerprint density at radius 3 is 2.95 bits per heavy atom. The molecule has 3 aromatic rings. The van der Waals surface area contributed by atoms with E-state index in [1.165, 1.54) is 11.3 Å². The quantitative estimate of drug-likeness (QED) is 0.720. The minimum absolute atomic E-state index is 0.238. The molecular formula is C14H13N5OS. The van der Waals surface area contributed by atoms with Gasteiger partial charge in [0.05, 0.1) is 17.9 Å². The van der Waals surface area contributed by atoms with E-state index >= 15 is 0 Å². The maximum Gasteiger partial charge on any atom is 0.272 e. The normalized spacial score (nSPS) is 10.5. The molecule has 1 aromatic carbocycles. The number of amides is 1. The van der Waals surface area contributed by atoms with Crippen LogP contribution < -0.4 is 11.1 Å². The number of hydrogen-bond donors (Lipinski definition) is 2. The monoisotopic (exact) mass is 299 g/mol. The van der Waals surface area contributed by atoms with Gasteiger partial charge in [-0.1, -0.05) is 12.1 Å². The van der Waals surface area contributed by atoms with Gasteiger partial charge in [0.1, 0.15) is 5.01 Å². The Morgan fingerprint density at radius 1 is 1.33 bits per heavy atom. The van der Waals surface area contributed by atoms with Crippen LogP contribution in [0, 0.1) is 0 Å². The van der Waals surface area contributed by atoms with E-state index in [1.807, 2.05) is 23.6 Å². The van der Waals surface area contributed by atoms with Crippen LogP contribution in [-0.4, -0.2) is 20.7 Å². The summed E-state index contributed by atoms with van der Waals surface area (Å²) in [6.07, 6.45) is 3.42. The van der Waals surface area contributed by atoms with Crippen LogP contribution in [0.25, 0.3) is 5.69 Å². The van der Waals surface area contributed by atoms with Crippen LogP contribution in [0.1, 0.15) is 15.5 Å². The van der Waals surface area contributed by atoms with Gasteiger partial charge in [0.2, 0.25) is 0 Å². The van der Waals surface area contributed by atoms with Crippen LogP contribution in [0.4, 0.5) is 5.69 Å². The molecule has 0 atom stereocenters. The minimum atomic E-state index is -0.238. The van der Waals surface area contributed by atoms with Crippen LogP contribution in [-0.2, 0) is 6.54 Å². The smallest absolute Gasteiger partial charge is 0.272 e. The summed E-state index contributed by atoms with van der Waals surface area (Å²) in [4.78, 5) is 16.1. The van der Waals surface area contributed by atoms with Crippen LogP contribution in [0.3, 0.4) is 0 Å². The Hall–Kier alpha value is -2.67. The number of nitrogens with two attached hydrogens (primary N) is 1. The topological polar surface area (TPSA) is 85.8 Å². The van der Waals surface area contributed by atoms with Gasteiger partial charge in [-0.05, 0) is 18.2 Å². The van der Waals surface area contributed by atoms with Gasteiger partial charge in [0.25, 0.3) is 5.91 Å². The highest BCUT2D eigenvalue weighted by atomic mass is 32.1. The van der Waals surface area contributed by atoms with Gasteiger partial charge in [0.15, 0.2) is 5.69 Å². The van der Waals surface area contributed by atoms with E-state index in [9.17, 15) is 4.79 Å². The average Bonchev–Trinajstić information content (AvgIpc) is 3.17. The van der Waals surface area contributed by atoms with Gasteiger partial charge < -0.3 is 11.1 Å². The molecule has 2 heterocycles. The predicted octanol–water partition coefficient (Wildman–Crippen LogP) is 1.84. The highest BCUT2D eigenvalue weighted by Gasteiger charge is 2.11. The van der Waals surface area contributed by atoms with E-state index in [4.69, 9.17) is 5.73 Å². The van der Waals surface area contributed by atoms with Crippen molar-refractivity contribution in [2.24, 2.45) is 0 Å². The molecule has 0 saturated heterocycles. The standard InChI is InChI=1S/C14H13N5OS/c15-10-3-1-2-4-12(10)19-7-5-11(18-19)14(20)17-9-13-16-6-8-21-13/h1-8H,9,15H2,(H,17,20). The zero-order valence-corrected chi connectivity index (χ0v) is 11.9. The van der Waals surface area contributed by atoms with Crippen LogP contribution >= 0.6 is 11.3 Å². The largest absolute Gasteiger partial charge is 0.397 e. The van der Waals surface area contributed by atoms with E-state index in [-0.39, 0.29) is 5.91 Å². The lowest BCUT2D eigenvalue weighted by atomic mass is 10.3. The van der Waals surface area contributed by atoms with Crippen molar-refractivity contribution >= 4 is 22.9 Å². The maximum absolute atomic E-state index is 12.0. The molecule has 0 radical (unpaired) electrons. The Morgan fingerprint density at radius 2 is 2.19 bits per heavy atom. The molecule has 3 rings (SSSR count). The summed E-state index contributed by atoms with van der Waals surface area (Å²) < 4.78 is 1.59. The number of nitrogens with one attached hydrogen (secondary N) is 1. The summed E-state index contributed by atoms with van der Waals surface area (Å²) in [5, 5.41) is 9.76. The van der Waals surface area contributed by atoms with E-state index in [0.717, 1.165) is 10.7 Å². The summed E-state index contributed by atoms with van der Waals surface area (Å²) in [5.74, 6) is -0.238. The number of nitrogen functional groups attached to an aromatic ring is 1. The molecule has 0 aliphatic heterocycles. The van der Waals surface area contributed by atoms with E-state index in [0.29, 0.717) is 17.9 Å². The number of rotatable bonds is 4. The molecule has 2 aromatic heterocycles. The molecule has 0 aliphatic rings. The Kier molecular flexibility index (Phi) is 3.65. The summed E-state index contributed by atoms with van der Waals surface area (Å²) in [6, 6.07) is 9.02. The third-order valence-electron chi connectivity index (χ3n) is 2.89. The second kappa shape index (κ2) is 5.76. The van der Waals surface area contributed by atoms with Gasteiger partial charge in [-0.2, -0.15) is 5.10 Å². The van der Waals surface area contributed by atoms with Crippen LogP contribution in [0.5, 0.6) is 0 Å². The third-order valence-corrected chi connectivity index (χ3v) is 3.67. The first-order valence-electron chi connectivity index (χ1n) is 6.31. The summed E-state index contributed by atoms with van der Waals surface area (Å²) in [6.45, 7) is 0.400. The zero-order valence-electron chi connectivity index (χ0n) is 11.1. The molecule has 0 unspecified atom stereocenters. The Labute approximate surface area is 125 Å². The number of anilines is 1. The van der Waals surface area contributed by atoms with E-state index in [2.05, 4.69) is 15.4 Å².